The van der Waals surface area contributed by atoms with Crippen LogP contribution in [0.5, 0.6) is 0 Å². The summed E-state index contributed by atoms with van der Waals surface area (Å²) in [5.74, 6) is -0.907. The maximum Gasteiger partial charge on any atom is 0.0933 e. The van der Waals surface area contributed by atoms with Gasteiger partial charge in [-0.3, -0.25) is 4.84 Å². The van der Waals surface area contributed by atoms with Crippen LogP contribution in [0, 0.1) is 11.8 Å². The molecule has 1 saturated carbocycles. The molecule has 20 heavy (non-hydrogen) atoms. The van der Waals surface area contributed by atoms with Crippen LogP contribution >= 0.6 is 0 Å². The van der Waals surface area contributed by atoms with Gasteiger partial charge in [0.2, 0.25) is 0 Å². The fourth-order valence-electron chi connectivity index (χ4n) is 2.78. The van der Waals surface area contributed by atoms with Crippen molar-refractivity contribution in [3.63, 3.8) is 0 Å². The molecule has 0 aliphatic heterocycles. The predicted octanol–water partition coefficient (Wildman–Crippen LogP) is 1.65. The normalized spacial score (nSPS) is 17.2. The first kappa shape index (κ1) is 15.0. The second-order valence-corrected chi connectivity index (χ2v) is 5.52. The first-order chi connectivity index (χ1) is 9.75. The molecule has 0 heterocycles. The average Bonchev–Trinajstić information content (AvgIpc) is 2.96. The van der Waals surface area contributed by atoms with Gasteiger partial charge in [0.25, 0.3) is 0 Å². The molecule has 0 bridgehead atoms. The topological polar surface area (TPSA) is 61.4 Å². The highest BCUT2D eigenvalue weighted by Crippen LogP contribution is 2.30. The van der Waals surface area contributed by atoms with E-state index in [2.05, 4.69) is 5.48 Å². The Kier molecular flexibility index (Phi) is 6.02. The maximum absolute atomic E-state index is 11.1. The molecule has 1 fully saturated rings. The maximum atomic E-state index is 11.1. The Labute approximate surface area is 120 Å². The summed E-state index contributed by atoms with van der Waals surface area (Å²) in [6, 6.07) is 9.78. The van der Waals surface area contributed by atoms with Gasteiger partial charge in [0.15, 0.2) is 0 Å². The Morgan fingerprint density at radius 3 is 2.65 bits per heavy atom. The monoisotopic (exact) mass is 276 g/mol. The van der Waals surface area contributed by atoms with Gasteiger partial charge in [-0.15, -0.1) is 0 Å². The summed E-state index contributed by atoms with van der Waals surface area (Å²) >= 11 is 0. The molecule has 0 saturated heterocycles. The number of rotatable bonds is 8. The molecule has 1 aromatic carbocycles. The van der Waals surface area contributed by atoms with Gasteiger partial charge >= 0.3 is 0 Å². The second kappa shape index (κ2) is 8.02. The second-order valence-electron chi connectivity index (χ2n) is 5.52. The number of carbonyl (C=O) groups is 1. The van der Waals surface area contributed by atoms with Crippen molar-refractivity contribution in [3.8, 4) is 0 Å². The highest BCUT2D eigenvalue weighted by Gasteiger charge is 2.20. The molecule has 1 aliphatic carbocycles. The van der Waals surface area contributed by atoms with Crippen molar-refractivity contribution in [1.29, 1.82) is 0 Å². The molecule has 2 rings (SSSR count). The quantitative estimate of drug-likeness (QED) is 0.579. The Bertz CT molecular complexity index is 401. The van der Waals surface area contributed by atoms with E-state index < -0.39 is 11.9 Å². The first-order valence-electron chi connectivity index (χ1n) is 7.35. The fraction of sp³-hybridized carbons (Fsp3) is 0.562. The number of carbonyl (C=O) groups excluding carboxylic acids is 1. The lowest BCUT2D eigenvalue weighted by atomic mass is 9.93. The van der Waals surface area contributed by atoms with Crippen LogP contribution in [-0.2, 0) is 16.2 Å². The Balaban J connectivity index is 1.68. The zero-order chi connectivity index (χ0) is 14.2. The summed E-state index contributed by atoms with van der Waals surface area (Å²) in [6.07, 6.45) is 5.44. The molecule has 4 nitrogen and oxygen atoms in total. The van der Waals surface area contributed by atoms with Crippen LogP contribution in [0.15, 0.2) is 30.3 Å². The van der Waals surface area contributed by atoms with E-state index in [1.54, 1.807) is 0 Å². The van der Waals surface area contributed by atoms with Crippen molar-refractivity contribution < 1.29 is 14.7 Å². The number of aliphatic carboxylic acids is 1. The van der Waals surface area contributed by atoms with Crippen LogP contribution in [0.25, 0.3) is 0 Å². The van der Waals surface area contributed by atoms with E-state index in [9.17, 15) is 9.90 Å². The number of benzene rings is 1. The van der Waals surface area contributed by atoms with Crippen molar-refractivity contribution in [2.45, 2.75) is 38.7 Å². The number of hydroxylamine groups is 1. The van der Waals surface area contributed by atoms with Crippen molar-refractivity contribution in [3.05, 3.63) is 35.9 Å². The highest BCUT2D eigenvalue weighted by molar-refractivity contribution is 5.67. The van der Waals surface area contributed by atoms with Gasteiger partial charge in [-0.2, -0.15) is 0 Å². The summed E-state index contributed by atoms with van der Waals surface area (Å²) in [5.41, 5.74) is 3.82. The standard InChI is InChI=1S/C16H23NO3/c18-16(19)15(10-13-6-4-5-7-13)11-17-20-12-14-8-2-1-3-9-14/h1-3,8-9,13,15,17H,4-7,10-12H2,(H,18,19)/p-1/t15-/m1/s1. The summed E-state index contributed by atoms with van der Waals surface area (Å²) in [6.45, 7) is 0.746. The Hall–Kier alpha value is -1.39. The Morgan fingerprint density at radius 2 is 2.00 bits per heavy atom. The summed E-state index contributed by atoms with van der Waals surface area (Å²) < 4.78 is 0. The molecular formula is C16H22NO3-. The zero-order valence-electron chi connectivity index (χ0n) is 11.7. The van der Waals surface area contributed by atoms with Crippen LogP contribution in [0.4, 0.5) is 0 Å². The van der Waals surface area contributed by atoms with Crippen LogP contribution in [-0.4, -0.2) is 12.5 Å². The largest absolute Gasteiger partial charge is 0.550 e. The molecule has 1 aromatic rings. The number of carboxylic acids is 1. The van der Waals surface area contributed by atoms with Crippen LogP contribution in [0.2, 0.25) is 0 Å². The summed E-state index contributed by atoms with van der Waals surface area (Å²) in [4.78, 5) is 16.5. The lowest BCUT2D eigenvalue weighted by Crippen LogP contribution is -2.38. The average molecular weight is 276 g/mol. The fourth-order valence-corrected chi connectivity index (χ4v) is 2.78. The van der Waals surface area contributed by atoms with E-state index in [-0.39, 0.29) is 0 Å². The van der Waals surface area contributed by atoms with Gasteiger partial charge in [-0.1, -0.05) is 56.0 Å². The van der Waals surface area contributed by atoms with Gasteiger partial charge in [0.05, 0.1) is 6.61 Å². The summed E-state index contributed by atoms with van der Waals surface area (Å²) in [7, 11) is 0. The van der Waals surface area contributed by atoms with Gasteiger partial charge < -0.3 is 9.90 Å². The minimum Gasteiger partial charge on any atom is -0.550 e. The third-order valence-electron chi connectivity index (χ3n) is 3.94. The first-order valence-corrected chi connectivity index (χ1v) is 7.35. The van der Waals surface area contributed by atoms with E-state index in [4.69, 9.17) is 4.84 Å². The molecule has 110 valence electrons. The van der Waals surface area contributed by atoms with Gasteiger partial charge in [0, 0.05) is 18.4 Å². The Morgan fingerprint density at radius 1 is 1.30 bits per heavy atom. The number of hydrogen-bond donors (Lipinski definition) is 1. The third-order valence-corrected chi connectivity index (χ3v) is 3.94. The van der Waals surface area contributed by atoms with E-state index in [1.165, 1.54) is 12.8 Å². The number of hydrogen-bond acceptors (Lipinski definition) is 4. The van der Waals surface area contributed by atoms with Crippen molar-refractivity contribution in [2.75, 3.05) is 6.54 Å². The molecule has 1 N–H and O–H groups in total. The molecule has 1 atom stereocenters. The molecule has 0 radical (unpaired) electrons. The lowest BCUT2D eigenvalue weighted by molar-refractivity contribution is -0.312. The van der Waals surface area contributed by atoms with Gasteiger partial charge in [-0.25, -0.2) is 5.48 Å². The van der Waals surface area contributed by atoms with Crippen LogP contribution in [0.1, 0.15) is 37.7 Å². The molecule has 0 amide bonds. The van der Waals surface area contributed by atoms with E-state index in [0.29, 0.717) is 25.5 Å². The minimum atomic E-state index is -0.979. The molecule has 0 unspecified atom stereocenters. The van der Waals surface area contributed by atoms with E-state index in [1.807, 2.05) is 30.3 Å². The van der Waals surface area contributed by atoms with Crippen molar-refractivity contribution in [1.82, 2.24) is 5.48 Å². The van der Waals surface area contributed by atoms with Gasteiger partial charge in [-0.05, 0) is 17.9 Å². The number of nitrogens with one attached hydrogen (secondary N) is 1. The van der Waals surface area contributed by atoms with Crippen molar-refractivity contribution in [2.24, 2.45) is 11.8 Å². The minimum absolute atomic E-state index is 0.311. The highest BCUT2D eigenvalue weighted by atomic mass is 16.6. The zero-order valence-corrected chi connectivity index (χ0v) is 11.7. The predicted molar refractivity (Wildman–Crippen MR) is 74.3 cm³/mol. The number of carboxylic acid groups (broad SMARTS) is 1. The molecule has 0 spiro atoms. The summed E-state index contributed by atoms with van der Waals surface area (Å²) in [5, 5.41) is 11.1. The van der Waals surface area contributed by atoms with Crippen LogP contribution < -0.4 is 10.6 Å². The third kappa shape index (κ3) is 4.94. The molecular weight excluding hydrogens is 254 g/mol. The molecule has 1 aliphatic rings. The van der Waals surface area contributed by atoms with E-state index >= 15 is 0 Å². The van der Waals surface area contributed by atoms with Gasteiger partial charge in [0.1, 0.15) is 0 Å². The smallest absolute Gasteiger partial charge is 0.0933 e. The van der Waals surface area contributed by atoms with Crippen LogP contribution in [0.3, 0.4) is 0 Å². The van der Waals surface area contributed by atoms with E-state index in [0.717, 1.165) is 18.4 Å². The SMILES string of the molecule is O=C([O-])[C@@H](CNOCc1ccccc1)CC1CCCC1. The lowest BCUT2D eigenvalue weighted by Gasteiger charge is -2.21. The molecule has 4 heteroatoms. The molecule has 0 aromatic heterocycles. The van der Waals surface area contributed by atoms with Crippen molar-refractivity contribution >= 4 is 5.97 Å².